The van der Waals surface area contributed by atoms with Gasteiger partial charge in [-0.3, -0.25) is 5.41 Å². The zero-order valence-corrected chi connectivity index (χ0v) is 15.6. The van der Waals surface area contributed by atoms with Gasteiger partial charge >= 0.3 is 0 Å². The number of thiazole rings is 1. The van der Waals surface area contributed by atoms with Crippen molar-refractivity contribution in [2.75, 3.05) is 36.8 Å². The van der Waals surface area contributed by atoms with Gasteiger partial charge in [0.1, 0.15) is 5.84 Å². The topological polar surface area (TPSA) is 64.0 Å². The lowest BCUT2D eigenvalue weighted by Crippen LogP contribution is -2.25. The van der Waals surface area contributed by atoms with E-state index in [1.54, 1.807) is 22.7 Å². The SMILES string of the molecule is N=C(Nc1ccc2nc(NCCN3CCCC3)sc2c1)c1cccs1. The monoisotopic (exact) mass is 371 g/mol. The zero-order chi connectivity index (χ0) is 17.1. The summed E-state index contributed by atoms with van der Waals surface area (Å²) in [4.78, 5) is 8.09. The Balaban J connectivity index is 1.39. The van der Waals surface area contributed by atoms with E-state index in [0.29, 0.717) is 5.84 Å². The average molecular weight is 372 g/mol. The summed E-state index contributed by atoms with van der Waals surface area (Å²) < 4.78 is 1.13. The summed E-state index contributed by atoms with van der Waals surface area (Å²) in [5.41, 5.74) is 1.93. The third-order valence-electron chi connectivity index (χ3n) is 4.33. The van der Waals surface area contributed by atoms with Gasteiger partial charge in [-0.25, -0.2) is 4.98 Å². The number of fused-ring (bicyclic) bond motifs is 1. The number of aromatic nitrogens is 1. The molecule has 0 unspecified atom stereocenters. The van der Waals surface area contributed by atoms with Crippen LogP contribution in [-0.4, -0.2) is 41.9 Å². The van der Waals surface area contributed by atoms with Crippen LogP contribution < -0.4 is 10.6 Å². The van der Waals surface area contributed by atoms with Crippen LogP contribution in [0.4, 0.5) is 10.8 Å². The predicted octanol–water partition coefficient (Wildman–Crippen LogP) is 4.30. The van der Waals surface area contributed by atoms with Crippen LogP contribution in [0.3, 0.4) is 0 Å². The van der Waals surface area contributed by atoms with E-state index in [2.05, 4.69) is 26.6 Å². The van der Waals surface area contributed by atoms with E-state index in [-0.39, 0.29) is 0 Å². The molecule has 1 aliphatic rings. The van der Waals surface area contributed by atoms with Crippen LogP contribution in [0.25, 0.3) is 10.2 Å². The lowest BCUT2D eigenvalue weighted by molar-refractivity contribution is 0.352. The van der Waals surface area contributed by atoms with E-state index >= 15 is 0 Å². The highest BCUT2D eigenvalue weighted by molar-refractivity contribution is 7.22. The van der Waals surface area contributed by atoms with Crippen LogP contribution in [0.5, 0.6) is 0 Å². The number of amidine groups is 1. The lowest BCUT2D eigenvalue weighted by Gasteiger charge is -2.13. The summed E-state index contributed by atoms with van der Waals surface area (Å²) in [5, 5.41) is 17.7. The molecular weight excluding hydrogens is 350 g/mol. The summed E-state index contributed by atoms with van der Waals surface area (Å²) in [6.07, 6.45) is 2.66. The Morgan fingerprint density at radius 1 is 1.24 bits per heavy atom. The third-order valence-corrected chi connectivity index (χ3v) is 6.19. The van der Waals surface area contributed by atoms with E-state index < -0.39 is 0 Å². The number of nitrogens with zero attached hydrogens (tertiary/aromatic N) is 2. The molecular formula is C18H21N5S2. The molecule has 1 aliphatic heterocycles. The van der Waals surface area contributed by atoms with Gasteiger partial charge in [0.15, 0.2) is 5.13 Å². The molecule has 3 heterocycles. The number of likely N-dealkylation sites (tertiary alicyclic amines) is 1. The van der Waals surface area contributed by atoms with Crippen molar-refractivity contribution in [1.82, 2.24) is 9.88 Å². The normalized spacial score (nSPS) is 14.9. The maximum absolute atomic E-state index is 8.14. The van der Waals surface area contributed by atoms with Gasteiger partial charge < -0.3 is 15.5 Å². The van der Waals surface area contributed by atoms with Gasteiger partial charge in [-0.05, 0) is 55.6 Å². The molecule has 0 saturated carbocycles. The molecule has 0 atom stereocenters. The first-order valence-corrected chi connectivity index (χ1v) is 10.2. The summed E-state index contributed by atoms with van der Waals surface area (Å²) in [6.45, 7) is 4.48. The number of thiophene rings is 1. The Morgan fingerprint density at radius 2 is 2.12 bits per heavy atom. The van der Waals surface area contributed by atoms with Crippen LogP contribution >= 0.6 is 22.7 Å². The maximum Gasteiger partial charge on any atom is 0.183 e. The highest BCUT2D eigenvalue weighted by Gasteiger charge is 2.11. The van der Waals surface area contributed by atoms with Gasteiger partial charge in [0.05, 0.1) is 15.1 Å². The van der Waals surface area contributed by atoms with Crippen molar-refractivity contribution < 1.29 is 0 Å². The number of rotatable bonds is 6. The minimum absolute atomic E-state index is 0.433. The quantitative estimate of drug-likeness (QED) is 0.446. The van der Waals surface area contributed by atoms with Crippen molar-refractivity contribution in [3.8, 4) is 0 Å². The Hall–Kier alpha value is -1.96. The first-order valence-electron chi connectivity index (χ1n) is 8.54. The largest absolute Gasteiger partial charge is 0.360 e. The molecule has 3 N–H and O–H groups in total. The van der Waals surface area contributed by atoms with Gasteiger partial charge in [0.2, 0.25) is 0 Å². The number of hydrogen-bond donors (Lipinski definition) is 3. The van der Waals surface area contributed by atoms with Crippen molar-refractivity contribution in [2.24, 2.45) is 0 Å². The smallest absolute Gasteiger partial charge is 0.183 e. The predicted molar refractivity (Wildman–Crippen MR) is 109 cm³/mol. The molecule has 2 aromatic heterocycles. The molecule has 0 bridgehead atoms. The second-order valence-corrected chi connectivity index (χ2v) is 8.13. The average Bonchev–Trinajstić information content (AvgIpc) is 3.36. The number of nitrogens with one attached hydrogen (secondary N) is 3. The Kier molecular flexibility index (Phi) is 4.96. The highest BCUT2D eigenvalue weighted by atomic mass is 32.1. The molecule has 1 fully saturated rings. The number of anilines is 2. The minimum atomic E-state index is 0.433. The fraction of sp³-hybridized carbons (Fsp3) is 0.333. The Labute approximate surface area is 155 Å². The molecule has 5 nitrogen and oxygen atoms in total. The van der Waals surface area contributed by atoms with Gasteiger partial charge in [0, 0.05) is 18.8 Å². The molecule has 0 spiro atoms. The van der Waals surface area contributed by atoms with Crippen LogP contribution in [0.1, 0.15) is 17.7 Å². The van der Waals surface area contributed by atoms with Crippen LogP contribution in [-0.2, 0) is 0 Å². The van der Waals surface area contributed by atoms with E-state index in [4.69, 9.17) is 5.41 Å². The third kappa shape index (κ3) is 4.00. The zero-order valence-electron chi connectivity index (χ0n) is 13.9. The van der Waals surface area contributed by atoms with E-state index in [1.165, 1.54) is 25.9 Å². The molecule has 0 amide bonds. The number of benzene rings is 1. The van der Waals surface area contributed by atoms with Crippen molar-refractivity contribution >= 4 is 49.5 Å². The Morgan fingerprint density at radius 3 is 2.92 bits per heavy atom. The van der Waals surface area contributed by atoms with Gasteiger partial charge in [-0.1, -0.05) is 17.4 Å². The standard InChI is InChI=1S/C18H21N5S2/c19-17(15-4-3-11-24-15)21-13-5-6-14-16(12-13)25-18(22-14)20-7-10-23-8-1-2-9-23/h3-6,11-12H,1-2,7-10H2,(H2,19,21)(H,20,22). The molecule has 4 rings (SSSR count). The number of hydrogen-bond acceptors (Lipinski definition) is 6. The minimum Gasteiger partial charge on any atom is -0.360 e. The second-order valence-electron chi connectivity index (χ2n) is 6.15. The lowest BCUT2D eigenvalue weighted by atomic mass is 10.3. The van der Waals surface area contributed by atoms with E-state index in [1.807, 2.05) is 29.6 Å². The van der Waals surface area contributed by atoms with Crippen LogP contribution in [0.15, 0.2) is 35.7 Å². The summed E-state index contributed by atoms with van der Waals surface area (Å²) in [5.74, 6) is 0.433. The van der Waals surface area contributed by atoms with Crippen molar-refractivity contribution in [3.63, 3.8) is 0 Å². The first-order chi connectivity index (χ1) is 12.3. The molecule has 3 aromatic rings. The van der Waals surface area contributed by atoms with Gasteiger partial charge in [-0.15, -0.1) is 11.3 Å². The summed E-state index contributed by atoms with van der Waals surface area (Å²) in [7, 11) is 0. The molecule has 1 saturated heterocycles. The fourth-order valence-electron chi connectivity index (χ4n) is 3.03. The molecule has 1 aromatic carbocycles. The molecule has 130 valence electrons. The van der Waals surface area contributed by atoms with E-state index in [0.717, 1.165) is 39.0 Å². The summed E-state index contributed by atoms with van der Waals surface area (Å²) >= 11 is 3.24. The van der Waals surface area contributed by atoms with Crippen molar-refractivity contribution in [2.45, 2.75) is 12.8 Å². The molecule has 0 aliphatic carbocycles. The molecule has 7 heteroatoms. The van der Waals surface area contributed by atoms with Gasteiger partial charge in [0.25, 0.3) is 0 Å². The maximum atomic E-state index is 8.14. The molecule has 25 heavy (non-hydrogen) atoms. The Bertz CT molecular complexity index is 850. The van der Waals surface area contributed by atoms with Crippen LogP contribution in [0, 0.1) is 5.41 Å². The summed E-state index contributed by atoms with van der Waals surface area (Å²) in [6, 6.07) is 9.98. The van der Waals surface area contributed by atoms with Crippen molar-refractivity contribution in [3.05, 3.63) is 40.6 Å². The molecule has 0 radical (unpaired) electrons. The van der Waals surface area contributed by atoms with Gasteiger partial charge in [-0.2, -0.15) is 0 Å². The highest BCUT2D eigenvalue weighted by Crippen LogP contribution is 2.28. The van der Waals surface area contributed by atoms with Crippen LogP contribution in [0.2, 0.25) is 0 Å². The first kappa shape index (κ1) is 16.5. The second kappa shape index (κ2) is 7.51. The van der Waals surface area contributed by atoms with Crippen molar-refractivity contribution in [1.29, 1.82) is 5.41 Å². The fourth-order valence-corrected chi connectivity index (χ4v) is 4.59. The van der Waals surface area contributed by atoms with E-state index in [9.17, 15) is 0 Å².